The lowest BCUT2D eigenvalue weighted by Crippen LogP contribution is -2.19. The summed E-state index contributed by atoms with van der Waals surface area (Å²) in [5.74, 6) is -0.0727. The Morgan fingerprint density at radius 3 is 2.43 bits per heavy atom. The quantitative estimate of drug-likeness (QED) is 0.766. The van der Waals surface area contributed by atoms with E-state index >= 15 is 0 Å². The molecule has 0 atom stereocenters. The molecule has 0 saturated heterocycles. The van der Waals surface area contributed by atoms with Crippen LogP contribution in [0.2, 0.25) is 10.0 Å². The van der Waals surface area contributed by atoms with Crippen molar-refractivity contribution in [2.75, 3.05) is 6.61 Å². The second-order valence-corrected chi connectivity index (χ2v) is 3.24. The molecule has 0 heterocycles. The number of hydrogen-bond donors (Lipinski definition) is 0. The van der Waals surface area contributed by atoms with Gasteiger partial charge in [-0.1, -0.05) is 29.3 Å². The first-order valence-corrected chi connectivity index (χ1v) is 4.29. The molecule has 0 aliphatic rings. The fraction of sp³-hybridized carbons (Fsp3) is 0.250. The Morgan fingerprint density at radius 1 is 1.21 bits per heavy atom. The zero-order chi connectivity index (χ0) is 10.8. The summed E-state index contributed by atoms with van der Waals surface area (Å²) in [5, 5.41) is 0.143. The minimum atomic E-state index is -4.38. The van der Waals surface area contributed by atoms with Crippen LogP contribution in [0.25, 0.3) is 0 Å². The normalized spacial score (nSPS) is 11.5. The van der Waals surface area contributed by atoms with Crippen molar-refractivity contribution in [2.45, 2.75) is 6.18 Å². The molecular weight excluding hydrogens is 240 g/mol. The van der Waals surface area contributed by atoms with Gasteiger partial charge in [0, 0.05) is 0 Å². The van der Waals surface area contributed by atoms with E-state index in [2.05, 4.69) is 4.74 Å². The van der Waals surface area contributed by atoms with E-state index in [1.807, 2.05) is 0 Å². The molecule has 1 rings (SSSR count). The van der Waals surface area contributed by atoms with Gasteiger partial charge in [-0.25, -0.2) is 0 Å². The number of alkyl halides is 3. The SMILES string of the molecule is FC(F)(F)COc1cccc(Cl)c1Cl. The molecule has 0 unspecified atom stereocenters. The Bertz CT molecular complexity index is 325. The van der Waals surface area contributed by atoms with Crippen molar-refractivity contribution >= 4 is 23.2 Å². The third kappa shape index (κ3) is 3.27. The highest BCUT2D eigenvalue weighted by atomic mass is 35.5. The van der Waals surface area contributed by atoms with E-state index in [0.717, 1.165) is 0 Å². The monoisotopic (exact) mass is 244 g/mol. The van der Waals surface area contributed by atoms with E-state index in [1.165, 1.54) is 18.2 Å². The van der Waals surface area contributed by atoms with Crippen LogP contribution in [-0.4, -0.2) is 12.8 Å². The van der Waals surface area contributed by atoms with Crippen LogP contribution in [0.15, 0.2) is 18.2 Å². The standard InChI is InChI=1S/C8H5Cl2F3O/c9-5-2-1-3-6(7(5)10)14-4-8(11,12)13/h1-3H,4H2. The minimum Gasteiger partial charge on any atom is -0.483 e. The average Bonchev–Trinajstić information content (AvgIpc) is 2.06. The molecule has 6 heteroatoms. The smallest absolute Gasteiger partial charge is 0.422 e. The summed E-state index contributed by atoms with van der Waals surface area (Å²) in [5.41, 5.74) is 0. The van der Waals surface area contributed by atoms with Crippen molar-refractivity contribution in [3.63, 3.8) is 0 Å². The Balaban J connectivity index is 2.73. The summed E-state index contributed by atoms with van der Waals surface area (Å²) in [6.07, 6.45) is -4.38. The predicted molar refractivity (Wildman–Crippen MR) is 48.0 cm³/mol. The van der Waals surface area contributed by atoms with Gasteiger partial charge in [0.05, 0.1) is 5.02 Å². The molecule has 1 nitrogen and oxygen atoms in total. The zero-order valence-electron chi connectivity index (χ0n) is 6.74. The number of benzene rings is 1. The highest BCUT2D eigenvalue weighted by Gasteiger charge is 2.28. The molecule has 0 bridgehead atoms. The van der Waals surface area contributed by atoms with Crippen LogP contribution < -0.4 is 4.74 Å². The van der Waals surface area contributed by atoms with Gasteiger partial charge >= 0.3 is 6.18 Å². The number of ether oxygens (including phenoxy) is 1. The zero-order valence-corrected chi connectivity index (χ0v) is 8.25. The van der Waals surface area contributed by atoms with Gasteiger partial charge < -0.3 is 4.74 Å². The van der Waals surface area contributed by atoms with Crippen LogP contribution in [-0.2, 0) is 0 Å². The maximum absolute atomic E-state index is 11.8. The molecule has 0 amide bonds. The first-order chi connectivity index (χ1) is 6.40. The Morgan fingerprint density at radius 2 is 1.86 bits per heavy atom. The number of rotatable bonds is 2. The molecule has 78 valence electrons. The predicted octanol–water partition coefficient (Wildman–Crippen LogP) is 3.93. The second kappa shape index (κ2) is 4.28. The van der Waals surface area contributed by atoms with Gasteiger partial charge in [-0.05, 0) is 12.1 Å². The molecule has 0 spiro atoms. The molecule has 0 aliphatic carbocycles. The molecular formula is C8H5Cl2F3O. The van der Waals surface area contributed by atoms with Gasteiger partial charge in [0.2, 0.25) is 0 Å². The van der Waals surface area contributed by atoms with E-state index in [1.54, 1.807) is 0 Å². The summed E-state index contributed by atoms with van der Waals surface area (Å²) < 4.78 is 39.8. The lowest BCUT2D eigenvalue weighted by molar-refractivity contribution is -0.153. The Labute approximate surface area is 88.4 Å². The van der Waals surface area contributed by atoms with Crippen LogP contribution in [0.5, 0.6) is 5.75 Å². The summed E-state index contributed by atoms with van der Waals surface area (Å²) in [7, 11) is 0. The van der Waals surface area contributed by atoms with Crippen molar-refractivity contribution < 1.29 is 17.9 Å². The third-order valence-electron chi connectivity index (χ3n) is 1.31. The summed E-state index contributed by atoms with van der Waals surface area (Å²) in [6, 6.07) is 4.24. The first-order valence-electron chi connectivity index (χ1n) is 3.54. The van der Waals surface area contributed by atoms with Gasteiger partial charge in [0.25, 0.3) is 0 Å². The van der Waals surface area contributed by atoms with Gasteiger partial charge in [-0.2, -0.15) is 13.2 Å². The second-order valence-electron chi connectivity index (χ2n) is 2.46. The molecule has 1 aromatic rings. The van der Waals surface area contributed by atoms with Crippen molar-refractivity contribution in [1.29, 1.82) is 0 Å². The van der Waals surface area contributed by atoms with E-state index in [-0.39, 0.29) is 15.8 Å². The molecule has 0 saturated carbocycles. The largest absolute Gasteiger partial charge is 0.483 e. The van der Waals surface area contributed by atoms with Gasteiger partial charge in [0.1, 0.15) is 10.8 Å². The van der Waals surface area contributed by atoms with Gasteiger partial charge in [0.15, 0.2) is 6.61 Å². The highest BCUT2D eigenvalue weighted by molar-refractivity contribution is 6.42. The number of halogens is 5. The molecule has 0 aromatic heterocycles. The fourth-order valence-corrected chi connectivity index (χ4v) is 1.10. The Kier molecular flexibility index (Phi) is 3.50. The van der Waals surface area contributed by atoms with E-state index in [4.69, 9.17) is 23.2 Å². The van der Waals surface area contributed by atoms with E-state index in [0.29, 0.717) is 0 Å². The molecule has 0 fully saturated rings. The molecule has 14 heavy (non-hydrogen) atoms. The maximum Gasteiger partial charge on any atom is 0.422 e. The number of hydrogen-bond acceptors (Lipinski definition) is 1. The minimum absolute atomic E-state index is 0.0154. The van der Waals surface area contributed by atoms with Crippen LogP contribution in [0.3, 0.4) is 0 Å². The van der Waals surface area contributed by atoms with Crippen molar-refractivity contribution in [2.24, 2.45) is 0 Å². The van der Waals surface area contributed by atoms with Crippen molar-refractivity contribution in [3.05, 3.63) is 28.2 Å². The molecule has 1 aromatic carbocycles. The van der Waals surface area contributed by atoms with Crippen LogP contribution in [0, 0.1) is 0 Å². The summed E-state index contributed by atoms with van der Waals surface area (Å²) in [4.78, 5) is 0. The van der Waals surface area contributed by atoms with E-state index in [9.17, 15) is 13.2 Å². The maximum atomic E-state index is 11.8. The highest BCUT2D eigenvalue weighted by Crippen LogP contribution is 2.32. The lowest BCUT2D eigenvalue weighted by Gasteiger charge is -2.10. The fourth-order valence-electron chi connectivity index (χ4n) is 0.755. The average molecular weight is 245 g/mol. The van der Waals surface area contributed by atoms with Crippen LogP contribution in [0.1, 0.15) is 0 Å². The van der Waals surface area contributed by atoms with Crippen molar-refractivity contribution in [3.8, 4) is 5.75 Å². The molecule has 0 radical (unpaired) electrons. The first kappa shape index (κ1) is 11.5. The Hall–Kier alpha value is -0.610. The van der Waals surface area contributed by atoms with Crippen molar-refractivity contribution in [1.82, 2.24) is 0 Å². The summed E-state index contributed by atoms with van der Waals surface area (Å²) in [6.45, 7) is -1.38. The van der Waals surface area contributed by atoms with Gasteiger partial charge in [-0.15, -0.1) is 0 Å². The lowest BCUT2D eigenvalue weighted by atomic mass is 10.3. The third-order valence-corrected chi connectivity index (χ3v) is 2.11. The molecule has 0 N–H and O–H groups in total. The molecule has 0 aliphatic heterocycles. The van der Waals surface area contributed by atoms with E-state index < -0.39 is 12.8 Å². The summed E-state index contributed by atoms with van der Waals surface area (Å²) >= 11 is 11.2. The van der Waals surface area contributed by atoms with Crippen LogP contribution >= 0.6 is 23.2 Å². The van der Waals surface area contributed by atoms with Gasteiger partial charge in [-0.3, -0.25) is 0 Å². The topological polar surface area (TPSA) is 9.23 Å². The van der Waals surface area contributed by atoms with Crippen LogP contribution in [0.4, 0.5) is 13.2 Å².